The number of imidazole rings is 1. The lowest BCUT2D eigenvalue weighted by Crippen LogP contribution is -2.49. The maximum atomic E-state index is 13.2. The van der Waals surface area contributed by atoms with E-state index in [0.29, 0.717) is 32.5 Å². The lowest BCUT2D eigenvalue weighted by molar-refractivity contribution is -0.161. The SMILES string of the molecule is CCOC(=O)C1(CCc2ccccc2)CCN(C(=O)[C@H](C)n2ccnc2C(C)C)CC1. The van der Waals surface area contributed by atoms with Gasteiger partial charge < -0.3 is 14.2 Å². The average molecular weight is 426 g/mol. The second kappa shape index (κ2) is 10.1. The van der Waals surface area contributed by atoms with Crippen molar-refractivity contribution in [3.63, 3.8) is 0 Å². The van der Waals surface area contributed by atoms with E-state index < -0.39 is 5.41 Å². The van der Waals surface area contributed by atoms with Gasteiger partial charge in [-0.1, -0.05) is 44.2 Å². The fourth-order valence-corrected chi connectivity index (χ4v) is 4.51. The lowest BCUT2D eigenvalue weighted by Gasteiger charge is -2.41. The number of hydrogen-bond acceptors (Lipinski definition) is 4. The van der Waals surface area contributed by atoms with E-state index in [9.17, 15) is 9.59 Å². The average Bonchev–Trinajstić information content (AvgIpc) is 3.28. The molecule has 1 aliphatic heterocycles. The molecule has 1 fully saturated rings. The van der Waals surface area contributed by atoms with Crippen LogP contribution in [-0.2, 0) is 20.7 Å². The number of carbonyl (C=O) groups excluding carboxylic acids is 2. The van der Waals surface area contributed by atoms with Crippen LogP contribution in [-0.4, -0.2) is 46.0 Å². The number of piperidine rings is 1. The molecule has 3 rings (SSSR count). The van der Waals surface area contributed by atoms with E-state index in [1.807, 2.05) is 47.7 Å². The molecule has 1 saturated heterocycles. The van der Waals surface area contributed by atoms with E-state index in [0.717, 1.165) is 18.7 Å². The molecular formula is C25H35N3O3. The van der Waals surface area contributed by atoms with Crippen LogP contribution < -0.4 is 0 Å². The highest BCUT2D eigenvalue weighted by molar-refractivity contribution is 5.81. The van der Waals surface area contributed by atoms with Crippen molar-refractivity contribution >= 4 is 11.9 Å². The van der Waals surface area contributed by atoms with Crippen molar-refractivity contribution in [2.75, 3.05) is 19.7 Å². The van der Waals surface area contributed by atoms with Crippen molar-refractivity contribution in [3.8, 4) is 0 Å². The van der Waals surface area contributed by atoms with E-state index in [1.165, 1.54) is 5.56 Å². The number of benzene rings is 1. The van der Waals surface area contributed by atoms with Crippen LogP contribution in [0.4, 0.5) is 0 Å². The number of ether oxygens (including phenoxy) is 1. The molecule has 0 aliphatic carbocycles. The van der Waals surface area contributed by atoms with Gasteiger partial charge in [-0.25, -0.2) is 4.98 Å². The molecular weight excluding hydrogens is 390 g/mol. The van der Waals surface area contributed by atoms with Crippen molar-refractivity contribution in [2.45, 2.75) is 65.3 Å². The molecule has 0 N–H and O–H groups in total. The van der Waals surface area contributed by atoms with Crippen LogP contribution in [0.2, 0.25) is 0 Å². The second-order valence-corrected chi connectivity index (χ2v) is 8.84. The number of aryl methyl sites for hydroxylation is 1. The van der Waals surface area contributed by atoms with Gasteiger partial charge >= 0.3 is 5.97 Å². The molecule has 0 radical (unpaired) electrons. The molecule has 31 heavy (non-hydrogen) atoms. The zero-order chi connectivity index (χ0) is 22.4. The molecule has 2 aromatic rings. The number of likely N-dealkylation sites (tertiary alicyclic amines) is 1. The first-order valence-corrected chi connectivity index (χ1v) is 11.4. The summed E-state index contributed by atoms with van der Waals surface area (Å²) in [6.45, 7) is 9.46. The molecule has 1 atom stereocenters. The number of carbonyl (C=O) groups is 2. The van der Waals surface area contributed by atoms with Gasteiger partial charge in [0.15, 0.2) is 0 Å². The van der Waals surface area contributed by atoms with Gasteiger partial charge in [0.05, 0.1) is 12.0 Å². The van der Waals surface area contributed by atoms with Gasteiger partial charge in [-0.2, -0.15) is 0 Å². The van der Waals surface area contributed by atoms with Crippen molar-refractivity contribution in [2.24, 2.45) is 5.41 Å². The van der Waals surface area contributed by atoms with Crippen LogP contribution in [0.3, 0.4) is 0 Å². The Bertz CT molecular complexity index is 867. The minimum Gasteiger partial charge on any atom is -0.466 e. The van der Waals surface area contributed by atoms with Crippen LogP contribution in [0.25, 0.3) is 0 Å². The maximum absolute atomic E-state index is 13.2. The standard InChI is InChI=1S/C25H35N3O3/c1-5-31-24(30)25(12-11-21-9-7-6-8-10-21)13-16-27(17-14-25)23(29)20(4)28-18-15-26-22(28)19(2)3/h6-10,15,18-20H,5,11-14,16-17H2,1-4H3/t20-/m0/s1. The Morgan fingerprint density at radius 3 is 2.42 bits per heavy atom. The van der Waals surface area contributed by atoms with Gasteiger partial charge in [-0.05, 0) is 45.1 Å². The summed E-state index contributed by atoms with van der Waals surface area (Å²) in [5, 5.41) is 0. The van der Waals surface area contributed by atoms with Crippen LogP contribution in [0.5, 0.6) is 0 Å². The van der Waals surface area contributed by atoms with Crippen molar-refractivity contribution in [1.29, 1.82) is 0 Å². The molecule has 168 valence electrons. The van der Waals surface area contributed by atoms with Gasteiger partial charge in [-0.3, -0.25) is 9.59 Å². The smallest absolute Gasteiger partial charge is 0.312 e. The van der Waals surface area contributed by atoms with E-state index >= 15 is 0 Å². The van der Waals surface area contributed by atoms with Crippen LogP contribution >= 0.6 is 0 Å². The molecule has 6 nitrogen and oxygen atoms in total. The van der Waals surface area contributed by atoms with Crippen LogP contribution in [0.1, 0.15) is 70.3 Å². The first kappa shape index (κ1) is 23.0. The summed E-state index contributed by atoms with van der Waals surface area (Å²) >= 11 is 0. The Labute approximate surface area is 185 Å². The minimum absolute atomic E-state index is 0.0837. The first-order valence-electron chi connectivity index (χ1n) is 11.4. The monoisotopic (exact) mass is 425 g/mol. The molecule has 0 unspecified atom stereocenters. The normalized spacial score (nSPS) is 16.9. The summed E-state index contributed by atoms with van der Waals surface area (Å²) in [6, 6.07) is 9.93. The van der Waals surface area contributed by atoms with Crippen molar-refractivity contribution in [1.82, 2.24) is 14.5 Å². The van der Waals surface area contributed by atoms with E-state index in [-0.39, 0.29) is 23.8 Å². The quantitative estimate of drug-likeness (QED) is 0.589. The molecule has 0 saturated carbocycles. The summed E-state index contributed by atoms with van der Waals surface area (Å²) in [7, 11) is 0. The molecule has 1 aromatic heterocycles. The van der Waals surface area contributed by atoms with Gasteiger partial charge in [0, 0.05) is 31.4 Å². The van der Waals surface area contributed by atoms with Gasteiger partial charge in [0.1, 0.15) is 11.9 Å². The van der Waals surface area contributed by atoms with E-state index in [2.05, 4.69) is 31.0 Å². The number of amides is 1. The summed E-state index contributed by atoms with van der Waals surface area (Å²) in [5.41, 5.74) is 0.698. The zero-order valence-electron chi connectivity index (χ0n) is 19.2. The molecule has 0 spiro atoms. The third-order valence-corrected chi connectivity index (χ3v) is 6.47. The number of aromatic nitrogens is 2. The first-order chi connectivity index (χ1) is 14.9. The van der Waals surface area contributed by atoms with Crippen LogP contribution in [0.15, 0.2) is 42.7 Å². The van der Waals surface area contributed by atoms with Gasteiger partial charge in [0.2, 0.25) is 5.91 Å². The Kier molecular flexibility index (Phi) is 7.52. The molecule has 1 amide bonds. The number of nitrogens with zero attached hydrogens (tertiary/aromatic N) is 3. The Hall–Kier alpha value is -2.63. The largest absolute Gasteiger partial charge is 0.466 e. The predicted molar refractivity (Wildman–Crippen MR) is 121 cm³/mol. The predicted octanol–water partition coefficient (Wildman–Crippen LogP) is 4.37. The summed E-state index contributed by atoms with van der Waals surface area (Å²) in [6.07, 6.45) is 6.48. The fourth-order valence-electron chi connectivity index (χ4n) is 4.51. The van der Waals surface area contributed by atoms with Crippen molar-refractivity contribution in [3.05, 3.63) is 54.1 Å². The Morgan fingerprint density at radius 2 is 1.81 bits per heavy atom. The summed E-state index contributed by atoms with van der Waals surface area (Å²) < 4.78 is 7.43. The highest BCUT2D eigenvalue weighted by Crippen LogP contribution is 2.38. The third-order valence-electron chi connectivity index (χ3n) is 6.47. The molecule has 2 heterocycles. The van der Waals surface area contributed by atoms with Crippen LogP contribution in [0, 0.1) is 5.41 Å². The number of rotatable bonds is 8. The highest BCUT2D eigenvalue weighted by Gasteiger charge is 2.43. The Morgan fingerprint density at radius 1 is 1.13 bits per heavy atom. The number of esters is 1. The maximum Gasteiger partial charge on any atom is 0.312 e. The number of hydrogen-bond donors (Lipinski definition) is 0. The van der Waals surface area contributed by atoms with E-state index in [4.69, 9.17) is 4.74 Å². The minimum atomic E-state index is -0.524. The van der Waals surface area contributed by atoms with Gasteiger partial charge in [-0.15, -0.1) is 0 Å². The van der Waals surface area contributed by atoms with Crippen molar-refractivity contribution < 1.29 is 14.3 Å². The fraction of sp³-hybridized carbons (Fsp3) is 0.560. The topological polar surface area (TPSA) is 64.4 Å². The summed E-state index contributed by atoms with van der Waals surface area (Å²) in [5.74, 6) is 1.13. The zero-order valence-corrected chi connectivity index (χ0v) is 19.2. The Balaban J connectivity index is 1.68. The van der Waals surface area contributed by atoms with Gasteiger partial charge in [0.25, 0.3) is 0 Å². The molecule has 0 bridgehead atoms. The third kappa shape index (κ3) is 5.17. The molecule has 1 aliphatic rings. The summed E-state index contributed by atoms with van der Waals surface area (Å²) in [4.78, 5) is 32.5. The van der Waals surface area contributed by atoms with E-state index in [1.54, 1.807) is 6.20 Å². The second-order valence-electron chi connectivity index (χ2n) is 8.84. The molecule has 1 aromatic carbocycles. The molecule has 6 heteroatoms. The highest BCUT2D eigenvalue weighted by atomic mass is 16.5. The lowest BCUT2D eigenvalue weighted by atomic mass is 9.74.